The quantitative estimate of drug-likeness (QED) is 0.366. The van der Waals surface area contributed by atoms with Gasteiger partial charge in [0.2, 0.25) is 5.82 Å². The zero-order chi connectivity index (χ0) is 25.9. The second-order valence-corrected chi connectivity index (χ2v) is 9.74. The highest BCUT2D eigenvalue weighted by atomic mass is 32.2. The SMILES string of the molecule is CCS(=O)(=O)c1cc(-c2nnn(C)n2)cnc1-c1nc2c(C)c(C(F)(F)C(F)(F)F)nnc2n1C. The highest BCUT2D eigenvalue weighted by Gasteiger charge is 2.61. The van der Waals surface area contributed by atoms with E-state index in [0.29, 0.717) is 0 Å². The lowest BCUT2D eigenvalue weighted by Gasteiger charge is -2.19. The summed E-state index contributed by atoms with van der Waals surface area (Å²) in [5.41, 5.74) is -2.53. The van der Waals surface area contributed by atoms with Gasteiger partial charge in [0.25, 0.3) is 0 Å². The summed E-state index contributed by atoms with van der Waals surface area (Å²) in [5.74, 6) is -5.61. The molecule has 17 heteroatoms. The van der Waals surface area contributed by atoms with E-state index in [1.165, 1.54) is 42.6 Å². The molecular weight excluding hydrogens is 501 g/mol. The van der Waals surface area contributed by atoms with Gasteiger partial charge in [0, 0.05) is 24.4 Å². The molecule has 0 unspecified atom stereocenters. The fourth-order valence-corrected chi connectivity index (χ4v) is 4.37. The summed E-state index contributed by atoms with van der Waals surface area (Å²) in [6, 6.07) is 1.26. The van der Waals surface area contributed by atoms with Gasteiger partial charge >= 0.3 is 12.1 Å². The summed E-state index contributed by atoms with van der Waals surface area (Å²) in [7, 11) is -1.03. The average Bonchev–Trinajstić information content (AvgIpc) is 3.36. The van der Waals surface area contributed by atoms with Gasteiger partial charge in [0.05, 0.1) is 17.7 Å². The number of nitrogens with zero attached hydrogens (tertiary/aromatic N) is 9. The maximum atomic E-state index is 14.0. The summed E-state index contributed by atoms with van der Waals surface area (Å²) < 4.78 is 93.7. The Morgan fingerprint density at radius 1 is 1.06 bits per heavy atom. The van der Waals surface area contributed by atoms with Crippen molar-refractivity contribution in [3.63, 3.8) is 0 Å². The smallest absolute Gasteiger partial charge is 0.309 e. The predicted octanol–water partition coefficient (Wildman–Crippen LogP) is 2.37. The summed E-state index contributed by atoms with van der Waals surface area (Å²) in [6.45, 7) is 2.41. The van der Waals surface area contributed by atoms with Crippen molar-refractivity contribution in [3.8, 4) is 22.9 Å². The molecule has 0 radical (unpaired) electrons. The van der Waals surface area contributed by atoms with Crippen molar-refractivity contribution in [1.82, 2.24) is 44.9 Å². The Balaban J connectivity index is 1.97. The lowest BCUT2D eigenvalue weighted by Crippen LogP contribution is -2.35. The van der Waals surface area contributed by atoms with E-state index in [2.05, 4.69) is 35.6 Å². The molecule has 35 heavy (non-hydrogen) atoms. The molecule has 0 aliphatic carbocycles. The van der Waals surface area contributed by atoms with Gasteiger partial charge in [-0.1, -0.05) is 6.92 Å². The van der Waals surface area contributed by atoms with Crippen molar-refractivity contribution >= 4 is 21.0 Å². The van der Waals surface area contributed by atoms with Crippen LogP contribution in [0.2, 0.25) is 0 Å². The Hall–Kier alpha value is -3.63. The predicted molar refractivity (Wildman–Crippen MR) is 110 cm³/mol. The van der Waals surface area contributed by atoms with Crippen LogP contribution in [0.1, 0.15) is 18.2 Å². The van der Waals surface area contributed by atoms with E-state index >= 15 is 0 Å². The summed E-state index contributed by atoms with van der Waals surface area (Å²) in [4.78, 5) is 9.22. The molecule has 0 fully saturated rings. The van der Waals surface area contributed by atoms with E-state index in [1.54, 1.807) is 0 Å². The Bertz CT molecular complexity index is 1560. The van der Waals surface area contributed by atoms with E-state index in [1.807, 2.05) is 0 Å². The Morgan fingerprint density at radius 3 is 2.31 bits per heavy atom. The number of hydrogen-bond acceptors (Lipinski definition) is 9. The zero-order valence-corrected chi connectivity index (χ0v) is 19.3. The van der Waals surface area contributed by atoms with Crippen LogP contribution in [-0.2, 0) is 29.9 Å². The second-order valence-electron chi connectivity index (χ2n) is 7.49. The molecule has 4 rings (SSSR count). The van der Waals surface area contributed by atoms with Crippen LogP contribution in [0.4, 0.5) is 22.0 Å². The third-order valence-electron chi connectivity index (χ3n) is 5.22. The topological polar surface area (TPSA) is 134 Å². The molecule has 0 aliphatic rings. The molecule has 4 aromatic rings. The number of fused-ring (bicyclic) bond motifs is 1. The number of sulfone groups is 1. The van der Waals surface area contributed by atoms with Crippen LogP contribution in [0.3, 0.4) is 0 Å². The third kappa shape index (κ3) is 3.88. The highest BCUT2D eigenvalue weighted by Crippen LogP contribution is 2.45. The van der Waals surface area contributed by atoms with Gasteiger partial charge in [-0.25, -0.2) is 13.4 Å². The minimum absolute atomic E-state index is 0.102. The second kappa shape index (κ2) is 7.96. The van der Waals surface area contributed by atoms with Crippen molar-refractivity contribution in [2.45, 2.75) is 30.8 Å². The molecule has 0 atom stereocenters. The molecule has 0 amide bonds. The summed E-state index contributed by atoms with van der Waals surface area (Å²) in [5, 5.41) is 18.1. The number of aromatic nitrogens is 9. The van der Waals surface area contributed by atoms with Crippen LogP contribution in [-0.4, -0.2) is 65.3 Å². The Kier molecular flexibility index (Phi) is 5.57. The van der Waals surface area contributed by atoms with Gasteiger partial charge < -0.3 is 4.57 Å². The average molecular weight is 517 g/mol. The number of imidazole rings is 1. The molecule has 0 N–H and O–H groups in total. The van der Waals surface area contributed by atoms with E-state index in [4.69, 9.17) is 0 Å². The molecule has 0 aliphatic heterocycles. The van der Waals surface area contributed by atoms with Gasteiger partial charge in [-0.05, 0) is 18.2 Å². The molecule has 0 aromatic carbocycles. The van der Waals surface area contributed by atoms with Crippen molar-refractivity contribution < 1.29 is 30.4 Å². The first-order chi connectivity index (χ1) is 16.2. The lowest BCUT2D eigenvalue weighted by molar-refractivity contribution is -0.291. The fourth-order valence-electron chi connectivity index (χ4n) is 3.31. The van der Waals surface area contributed by atoms with Crippen LogP contribution in [0, 0.1) is 6.92 Å². The van der Waals surface area contributed by atoms with E-state index in [-0.39, 0.29) is 44.7 Å². The first-order valence-corrected chi connectivity index (χ1v) is 11.5. The largest absolute Gasteiger partial charge is 0.459 e. The van der Waals surface area contributed by atoms with Crippen LogP contribution < -0.4 is 0 Å². The Morgan fingerprint density at radius 2 is 1.74 bits per heavy atom. The number of rotatable bonds is 5. The minimum Gasteiger partial charge on any atom is -0.309 e. The van der Waals surface area contributed by atoms with Crippen LogP contribution in [0.25, 0.3) is 34.1 Å². The van der Waals surface area contributed by atoms with Crippen molar-refractivity contribution in [3.05, 3.63) is 23.5 Å². The van der Waals surface area contributed by atoms with Crippen molar-refractivity contribution in [1.29, 1.82) is 0 Å². The van der Waals surface area contributed by atoms with E-state index < -0.39 is 33.2 Å². The van der Waals surface area contributed by atoms with Gasteiger partial charge in [-0.3, -0.25) is 4.98 Å². The lowest BCUT2D eigenvalue weighted by atomic mass is 10.1. The number of tetrazole rings is 1. The minimum atomic E-state index is -5.90. The van der Waals surface area contributed by atoms with Gasteiger partial charge in [-0.15, -0.1) is 20.4 Å². The van der Waals surface area contributed by atoms with Crippen molar-refractivity contribution in [2.75, 3.05) is 5.75 Å². The van der Waals surface area contributed by atoms with Gasteiger partial charge in [0.1, 0.15) is 16.9 Å². The number of hydrogen-bond donors (Lipinski definition) is 0. The molecule has 0 spiro atoms. The molecular formula is C18H16F5N9O2S. The van der Waals surface area contributed by atoms with Gasteiger partial charge in [-0.2, -0.15) is 26.7 Å². The molecule has 4 aromatic heterocycles. The van der Waals surface area contributed by atoms with Crippen LogP contribution >= 0.6 is 0 Å². The van der Waals surface area contributed by atoms with Crippen LogP contribution in [0.5, 0.6) is 0 Å². The van der Waals surface area contributed by atoms with E-state index in [0.717, 1.165) is 6.92 Å². The molecule has 0 saturated heterocycles. The van der Waals surface area contributed by atoms with Crippen molar-refractivity contribution in [2.24, 2.45) is 14.1 Å². The highest BCUT2D eigenvalue weighted by molar-refractivity contribution is 7.91. The van der Waals surface area contributed by atoms with E-state index in [9.17, 15) is 30.4 Å². The maximum Gasteiger partial charge on any atom is 0.459 e. The number of alkyl halides is 5. The number of pyridine rings is 1. The maximum absolute atomic E-state index is 14.0. The van der Waals surface area contributed by atoms with Crippen LogP contribution in [0.15, 0.2) is 17.2 Å². The normalized spacial score (nSPS) is 13.1. The first-order valence-electron chi connectivity index (χ1n) is 9.81. The molecule has 0 bridgehead atoms. The monoisotopic (exact) mass is 517 g/mol. The molecule has 4 heterocycles. The molecule has 186 valence electrons. The summed E-state index contributed by atoms with van der Waals surface area (Å²) >= 11 is 0. The standard InChI is InChI=1S/C18H16F5N9O2S/c1-5-35(33,34)10-6-9(14-27-30-32(4)29-14)7-24-12(10)15-25-11-8(2)13(17(19,20)18(21,22)23)26-28-16(11)31(15)3/h6-7H,5H2,1-4H3. The number of halogens is 5. The fraction of sp³-hybridized carbons (Fsp3) is 0.389. The van der Waals surface area contributed by atoms with Gasteiger partial charge in [0.15, 0.2) is 21.3 Å². The zero-order valence-electron chi connectivity index (χ0n) is 18.5. The Labute approximate surface area is 193 Å². The summed E-state index contributed by atoms with van der Waals surface area (Å²) in [6.07, 6.45) is -4.63. The molecule has 0 saturated carbocycles. The number of aryl methyl sites for hydroxylation is 3. The third-order valence-corrected chi connectivity index (χ3v) is 6.96. The first kappa shape index (κ1) is 24.5. The molecule has 11 nitrogen and oxygen atoms in total.